The summed E-state index contributed by atoms with van der Waals surface area (Å²) in [5.41, 5.74) is 0.533. The Kier molecular flexibility index (Phi) is 5.91. The molecule has 0 aromatic heterocycles. The number of nitrogens with one attached hydrogen (secondary N) is 1. The van der Waals surface area contributed by atoms with Gasteiger partial charge in [0.15, 0.2) is 11.5 Å². The molecule has 1 heterocycles. The van der Waals surface area contributed by atoms with E-state index in [2.05, 4.69) is 17.3 Å². The summed E-state index contributed by atoms with van der Waals surface area (Å²) in [6.07, 6.45) is 4.75. The monoisotopic (exact) mass is 362 g/mol. The molecule has 1 N–H and O–H groups in total. The summed E-state index contributed by atoms with van der Waals surface area (Å²) in [5, 5.41) is 3.28. The number of nitrogens with zero attached hydrogens (tertiary/aromatic N) is 1. The second kappa shape index (κ2) is 8.16. The van der Waals surface area contributed by atoms with Gasteiger partial charge in [0.25, 0.3) is 5.91 Å². The number of amides is 1. The first-order chi connectivity index (χ1) is 12.6. The van der Waals surface area contributed by atoms with Crippen LogP contribution in [0.1, 0.15) is 36.0 Å². The van der Waals surface area contributed by atoms with Crippen LogP contribution in [0.5, 0.6) is 17.2 Å². The van der Waals surface area contributed by atoms with Gasteiger partial charge in [-0.3, -0.25) is 4.79 Å². The van der Waals surface area contributed by atoms with Gasteiger partial charge in [-0.25, -0.2) is 0 Å². The normalized spacial score (nSPS) is 25.9. The molecule has 1 unspecified atom stereocenters. The average Bonchev–Trinajstić information content (AvgIpc) is 2.67. The Hall–Kier alpha value is -1.95. The van der Waals surface area contributed by atoms with E-state index in [0.29, 0.717) is 28.7 Å². The van der Waals surface area contributed by atoms with E-state index in [9.17, 15) is 4.79 Å². The quantitative estimate of drug-likeness (QED) is 0.872. The molecule has 2 aliphatic rings. The number of benzene rings is 1. The third-order valence-electron chi connectivity index (χ3n) is 5.86. The lowest BCUT2D eigenvalue weighted by molar-refractivity contribution is 0.0650. The van der Waals surface area contributed by atoms with Gasteiger partial charge in [-0.05, 0) is 56.8 Å². The molecule has 1 aromatic rings. The van der Waals surface area contributed by atoms with Gasteiger partial charge in [-0.1, -0.05) is 6.42 Å². The maximum absolute atomic E-state index is 12.9. The van der Waals surface area contributed by atoms with Gasteiger partial charge in [-0.2, -0.15) is 0 Å². The van der Waals surface area contributed by atoms with Crippen molar-refractivity contribution in [2.75, 3.05) is 41.5 Å². The summed E-state index contributed by atoms with van der Waals surface area (Å²) >= 11 is 0. The summed E-state index contributed by atoms with van der Waals surface area (Å²) in [4.78, 5) is 15.3. The number of hydrogen-bond acceptors (Lipinski definition) is 5. The third-order valence-corrected chi connectivity index (χ3v) is 5.86. The number of fused-ring (bicyclic) bond motifs is 1. The van der Waals surface area contributed by atoms with E-state index in [0.717, 1.165) is 25.4 Å². The molecule has 1 aliphatic heterocycles. The molecule has 1 aliphatic carbocycles. The molecule has 0 bridgehead atoms. The number of likely N-dealkylation sites (tertiary alicyclic amines) is 1. The molecule has 1 aromatic carbocycles. The Balaban J connectivity index is 1.79. The number of methoxy groups -OCH3 is 3. The Labute approximate surface area is 155 Å². The van der Waals surface area contributed by atoms with Crippen LogP contribution < -0.4 is 19.5 Å². The number of rotatable bonds is 5. The van der Waals surface area contributed by atoms with Gasteiger partial charge in [0, 0.05) is 18.2 Å². The van der Waals surface area contributed by atoms with Crippen molar-refractivity contribution in [1.82, 2.24) is 10.2 Å². The van der Waals surface area contributed by atoms with Gasteiger partial charge in [0.05, 0.1) is 21.3 Å². The Morgan fingerprint density at radius 3 is 2.38 bits per heavy atom. The van der Waals surface area contributed by atoms with Gasteiger partial charge in [-0.15, -0.1) is 0 Å². The van der Waals surface area contributed by atoms with E-state index in [1.807, 2.05) is 0 Å². The van der Waals surface area contributed by atoms with Crippen LogP contribution in [-0.4, -0.2) is 58.3 Å². The molecule has 1 amide bonds. The van der Waals surface area contributed by atoms with Crippen molar-refractivity contribution in [2.45, 2.75) is 31.7 Å². The molecular formula is C20H30N2O4. The highest BCUT2D eigenvalue weighted by atomic mass is 16.5. The number of piperidine rings is 1. The largest absolute Gasteiger partial charge is 0.493 e. The van der Waals surface area contributed by atoms with Crippen LogP contribution in [0.3, 0.4) is 0 Å². The Morgan fingerprint density at radius 2 is 1.77 bits per heavy atom. The summed E-state index contributed by atoms with van der Waals surface area (Å²) < 4.78 is 16.1. The first-order valence-electron chi connectivity index (χ1n) is 9.36. The fraction of sp³-hybridized carbons (Fsp3) is 0.650. The molecule has 6 nitrogen and oxygen atoms in total. The molecule has 26 heavy (non-hydrogen) atoms. The zero-order valence-corrected chi connectivity index (χ0v) is 16.2. The van der Waals surface area contributed by atoms with Crippen molar-refractivity contribution in [3.63, 3.8) is 0 Å². The molecule has 1 saturated heterocycles. The van der Waals surface area contributed by atoms with E-state index in [1.54, 1.807) is 33.5 Å². The topological polar surface area (TPSA) is 60.0 Å². The van der Waals surface area contributed by atoms with Crippen molar-refractivity contribution in [3.8, 4) is 17.2 Å². The van der Waals surface area contributed by atoms with E-state index in [1.165, 1.54) is 19.3 Å². The molecule has 2 fully saturated rings. The van der Waals surface area contributed by atoms with Crippen molar-refractivity contribution < 1.29 is 19.0 Å². The predicted molar refractivity (Wildman–Crippen MR) is 100 cm³/mol. The molecule has 3 atom stereocenters. The van der Waals surface area contributed by atoms with E-state index >= 15 is 0 Å². The fourth-order valence-electron chi connectivity index (χ4n) is 4.47. The zero-order valence-electron chi connectivity index (χ0n) is 16.2. The molecule has 3 rings (SSSR count). The lowest BCUT2D eigenvalue weighted by Gasteiger charge is -2.44. The summed E-state index contributed by atoms with van der Waals surface area (Å²) in [5.74, 6) is 2.67. The third kappa shape index (κ3) is 3.75. The minimum atomic E-state index is -0.0804. The average molecular weight is 362 g/mol. The second-order valence-corrected chi connectivity index (χ2v) is 7.40. The first-order valence-corrected chi connectivity index (χ1v) is 9.36. The lowest BCUT2D eigenvalue weighted by Crippen LogP contribution is -2.52. The van der Waals surface area contributed by atoms with E-state index in [-0.39, 0.29) is 11.9 Å². The Bertz CT molecular complexity index is 624. The van der Waals surface area contributed by atoms with Crippen molar-refractivity contribution >= 4 is 5.91 Å². The van der Waals surface area contributed by atoms with E-state index < -0.39 is 0 Å². The summed E-state index contributed by atoms with van der Waals surface area (Å²) in [6.45, 7) is 2.22. The van der Waals surface area contributed by atoms with Crippen LogP contribution in [0.15, 0.2) is 12.1 Å². The summed E-state index contributed by atoms with van der Waals surface area (Å²) in [7, 11) is 6.84. The number of carbonyl (C=O) groups is 1. The minimum absolute atomic E-state index is 0.0804. The summed E-state index contributed by atoms with van der Waals surface area (Å²) in [6, 6.07) is 3.65. The minimum Gasteiger partial charge on any atom is -0.493 e. The molecular weight excluding hydrogens is 332 g/mol. The highest BCUT2D eigenvalue weighted by Gasteiger charge is 2.37. The smallest absolute Gasteiger partial charge is 0.251 e. The lowest BCUT2D eigenvalue weighted by atomic mass is 9.72. The van der Waals surface area contributed by atoms with Crippen LogP contribution in [-0.2, 0) is 0 Å². The maximum atomic E-state index is 12.9. The van der Waals surface area contributed by atoms with Crippen LogP contribution in [0, 0.1) is 11.8 Å². The van der Waals surface area contributed by atoms with Gasteiger partial charge in [0.2, 0.25) is 5.75 Å². The molecule has 6 heteroatoms. The molecule has 0 radical (unpaired) electrons. The number of hydrogen-bond donors (Lipinski definition) is 1. The van der Waals surface area contributed by atoms with Crippen LogP contribution in [0.2, 0.25) is 0 Å². The molecule has 144 valence electrons. The highest BCUT2D eigenvalue weighted by Crippen LogP contribution is 2.39. The number of ether oxygens (including phenoxy) is 3. The van der Waals surface area contributed by atoms with Crippen LogP contribution >= 0.6 is 0 Å². The van der Waals surface area contributed by atoms with Gasteiger partial charge in [0.1, 0.15) is 0 Å². The van der Waals surface area contributed by atoms with Gasteiger partial charge < -0.3 is 24.4 Å². The van der Waals surface area contributed by atoms with Crippen molar-refractivity contribution in [1.29, 1.82) is 0 Å². The Morgan fingerprint density at radius 1 is 1.08 bits per heavy atom. The highest BCUT2D eigenvalue weighted by molar-refractivity contribution is 5.95. The zero-order chi connectivity index (χ0) is 18.7. The fourth-order valence-corrected chi connectivity index (χ4v) is 4.47. The van der Waals surface area contributed by atoms with Crippen LogP contribution in [0.4, 0.5) is 0 Å². The second-order valence-electron chi connectivity index (χ2n) is 7.40. The van der Waals surface area contributed by atoms with Crippen molar-refractivity contribution in [2.24, 2.45) is 11.8 Å². The SMILES string of the molecule is COc1cc(C(=O)NC2CCC[C@@H]3CCN(C)C[C@H]23)cc(OC)c1OC. The van der Waals surface area contributed by atoms with Crippen molar-refractivity contribution in [3.05, 3.63) is 17.7 Å². The molecule has 0 spiro atoms. The van der Waals surface area contributed by atoms with E-state index in [4.69, 9.17) is 14.2 Å². The first kappa shape index (κ1) is 18.8. The number of carbonyl (C=O) groups excluding carboxylic acids is 1. The standard InChI is InChI=1S/C20H30N2O4/c1-22-9-8-13-6-5-7-16(15(13)12-22)21-20(23)14-10-17(24-2)19(26-4)18(11-14)25-3/h10-11,13,15-16H,5-9,12H2,1-4H3,(H,21,23)/t13-,15+,16?/m1/s1. The predicted octanol–water partition coefficient (Wildman–Crippen LogP) is 2.56. The van der Waals surface area contributed by atoms with Gasteiger partial charge >= 0.3 is 0 Å². The van der Waals surface area contributed by atoms with Crippen LogP contribution in [0.25, 0.3) is 0 Å². The molecule has 1 saturated carbocycles. The maximum Gasteiger partial charge on any atom is 0.251 e.